The van der Waals surface area contributed by atoms with Crippen molar-refractivity contribution in [1.29, 1.82) is 0 Å². The Morgan fingerprint density at radius 3 is 2.27 bits per heavy atom. The standard InChI is InChI=1S/C23H32FN3O3/c1-17(23(10-11-23)18-6-8-19(24)9-7-18)25-20(29-5)16-26-12-14-27(15-13-26)21(28)30-22(2,3)4/h6-9H,1,10-16H2,2-5H3/b25-20-. The summed E-state index contributed by atoms with van der Waals surface area (Å²) >= 11 is 0. The zero-order valence-electron chi connectivity index (χ0n) is 18.4. The van der Waals surface area contributed by atoms with E-state index in [1.165, 1.54) is 12.1 Å². The summed E-state index contributed by atoms with van der Waals surface area (Å²) < 4.78 is 24.2. The van der Waals surface area contributed by atoms with E-state index in [0.717, 1.165) is 37.2 Å². The van der Waals surface area contributed by atoms with Crippen LogP contribution in [0.2, 0.25) is 0 Å². The van der Waals surface area contributed by atoms with Gasteiger partial charge in [0.05, 0.1) is 13.7 Å². The van der Waals surface area contributed by atoms with Gasteiger partial charge in [-0.3, -0.25) is 4.90 Å². The molecule has 1 aliphatic heterocycles. The number of carbonyl (C=O) groups is 1. The zero-order chi connectivity index (χ0) is 21.9. The molecule has 3 rings (SSSR count). The Bertz CT molecular complexity index is 802. The molecule has 1 aromatic rings. The topological polar surface area (TPSA) is 54.4 Å². The lowest BCUT2D eigenvalue weighted by molar-refractivity contribution is 0.0154. The van der Waals surface area contributed by atoms with Gasteiger partial charge in [-0.2, -0.15) is 0 Å². The molecular weight excluding hydrogens is 385 g/mol. The van der Waals surface area contributed by atoms with E-state index < -0.39 is 5.60 Å². The normalized spacial score (nSPS) is 19.4. The van der Waals surface area contributed by atoms with Crippen LogP contribution < -0.4 is 0 Å². The number of benzene rings is 1. The Morgan fingerprint density at radius 1 is 1.17 bits per heavy atom. The predicted molar refractivity (Wildman–Crippen MR) is 115 cm³/mol. The second kappa shape index (κ2) is 8.76. The van der Waals surface area contributed by atoms with Gasteiger partial charge in [-0.15, -0.1) is 0 Å². The van der Waals surface area contributed by atoms with Crippen molar-refractivity contribution in [3.05, 3.63) is 47.9 Å². The molecule has 0 bridgehead atoms. The molecule has 0 spiro atoms. The number of amides is 1. The summed E-state index contributed by atoms with van der Waals surface area (Å²) in [5.41, 5.74) is 1.08. The van der Waals surface area contributed by atoms with Gasteiger partial charge >= 0.3 is 6.09 Å². The van der Waals surface area contributed by atoms with Crippen molar-refractivity contribution in [3.8, 4) is 0 Å². The van der Waals surface area contributed by atoms with E-state index in [1.54, 1.807) is 12.0 Å². The molecule has 0 N–H and O–H groups in total. The molecule has 0 radical (unpaired) electrons. The number of piperazine rings is 1. The molecule has 164 valence electrons. The summed E-state index contributed by atoms with van der Waals surface area (Å²) in [5.74, 6) is 0.353. The van der Waals surface area contributed by atoms with Gasteiger partial charge in [0.2, 0.25) is 5.90 Å². The van der Waals surface area contributed by atoms with Crippen LogP contribution in [0.5, 0.6) is 0 Å². The fourth-order valence-electron chi connectivity index (χ4n) is 3.65. The third kappa shape index (κ3) is 5.39. The molecule has 1 aliphatic carbocycles. The number of carbonyl (C=O) groups excluding carboxylic acids is 1. The summed E-state index contributed by atoms with van der Waals surface area (Å²) in [7, 11) is 1.61. The Labute approximate surface area is 178 Å². The summed E-state index contributed by atoms with van der Waals surface area (Å²) in [4.78, 5) is 20.8. The first-order valence-corrected chi connectivity index (χ1v) is 10.4. The van der Waals surface area contributed by atoms with Crippen molar-refractivity contribution in [2.24, 2.45) is 4.99 Å². The van der Waals surface area contributed by atoms with Crippen LogP contribution >= 0.6 is 0 Å². The van der Waals surface area contributed by atoms with E-state index in [2.05, 4.69) is 16.5 Å². The number of hydrogen-bond donors (Lipinski definition) is 0. The molecule has 0 unspecified atom stereocenters. The summed E-state index contributed by atoms with van der Waals surface area (Å²) in [6.45, 7) is 13.0. The minimum atomic E-state index is -0.492. The van der Waals surface area contributed by atoms with Crippen LogP contribution in [0, 0.1) is 5.82 Å². The van der Waals surface area contributed by atoms with Crippen molar-refractivity contribution in [2.75, 3.05) is 39.8 Å². The molecule has 1 amide bonds. The van der Waals surface area contributed by atoms with Crippen LogP contribution in [-0.4, -0.2) is 67.2 Å². The average molecular weight is 418 g/mol. The van der Waals surface area contributed by atoms with Gasteiger partial charge in [-0.25, -0.2) is 14.2 Å². The third-order valence-corrected chi connectivity index (χ3v) is 5.58. The second-order valence-corrected chi connectivity index (χ2v) is 8.99. The minimum Gasteiger partial charge on any atom is -0.483 e. The lowest BCUT2D eigenvalue weighted by Gasteiger charge is -2.35. The Morgan fingerprint density at radius 2 is 1.77 bits per heavy atom. The van der Waals surface area contributed by atoms with Crippen molar-refractivity contribution in [3.63, 3.8) is 0 Å². The van der Waals surface area contributed by atoms with Crippen LogP contribution in [0.15, 0.2) is 41.5 Å². The molecule has 6 nitrogen and oxygen atoms in total. The van der Waals surface area contributed by atoms with Crippen LogP contribution in [0.4, 0.5) is 9.18 Å². The predicted octanol–water partition coefficient (Wildman–Crippen LogP) is 3.97. The fraction of sp³-hybridized carbons (Fsp3) is 0.565. The highest BCUT2D eigenvalue weighted by Gasteiger charge is 2.47. The smallest absolute Gasteiger partial charge is 0.410 e. The highest BCUT2D eigenvalue weighted by atomic mass is 19.1. The third-order valence-electron chi connectivity index (χ3n) is 5.58. The minimum absolute atomic E-state index is 0.215. The monoisotopic (exact) mass is 417 g/mol. The van der Waals surface area contributed by atoms with E-state index in [4.69, 9.17) is 9.47 Å². The van der Waals surface area contributed by atoms with Gasteiger partial charge < -0.3 is 14.4 Å². The van der Waals surface area contributed by atoms with E-state index in [-0.39, 0.29) is 17.3 Å². The van der Waals surface area contributed by atoms with Gasteiger partial charge in [0, 0.05) is 37.3 Å². The van der Waals surface area contributed by atoms with Crippen LogP contribution in [0.3, 0.4) is 0 Å². The highest BCUT2D eigenvalue weighted by molar-refractivity contribution is 5.79. The number of nitrogens with zero attached hydrogens (tertiary/aromatic N) is 3. The van der Waals surface area contributed by atoms with Crippen LogP contribution in [0.25, 0.3) is 0 Å². The molecule has 30 heavy (non-hydrogen) atoms. The zero-order valence-corrected chi connectivity index (χ0v) is 18.4. The molecule has 2 aliphatic rings. The highest BCUT2D eigenvalue weighted by Crippen LogP contribution is 2.53. The van der Waals surface area contributed by atoms with Crippen molar-refractivity contribution in [1.82, 2.24) is 9.80 Å². The quantitative estimate of drug-likeness (QED) is 0.537. The Hall–Kier alpha value is -2.41. The molecule has 1 saturated heterocycles. The van der Waals surface area contributed by atoms with Crippen LogP contribution in [0.1, 0.15) is 39.2 Å². The van der Waals surface area contributed by atoms with Gasteiger partial charge in [0.15, 0.2) is 0 Å². The van der Waals surface area contributed by atoms with E-state index in [0.29, 0.717) is 25.5 Å². The molecule has 1 aromatic carbocycles. The first kappa shape index (κ1) is 22.3. The molecular formula is C23H32FN3O3. The van der Waals surface area contributed by atoms with E-state index in [1.807, 2.05) is 32.9 Å². The first-order valence-electron chi connectivity index (χ1n) is 10.4. The molecule has 1 saturated carbocycles. The molecule has 0 aromatic heterocycles. The maximum atomic E-state index is 13.3. The lowest BCUT2D eigenvalue weighted by atomic mass is 9.93. The molecule has 2 fully saturated rings. The number of methoxy groups -OCH3 is 1. The lowest BCUT2D eigenvalue weighted by Crippen LogP contribution is -2.51. The summed E-state index contributed by atoms with van der Waals surface area (Å²) in [5, 5.41) is 0. The Kier molecular flexibility index (Phi) is 6.50. The van der Waals surface area contributed by atoms with E-state index >= 15 is 0 Å². The van der Waals surface area contributed by atoms with Crippen LogP contribution in [-0.2, 0) is 14.9 Å². The number of rotatable bonds is 5. The maximum absolute atomic E-state index is 13.3. The number of ether oxygens (including phenoxy) is 2. The average Bonchev–Trinajstić information content (AvgIpc) is 3.49. The van der Waals surface area contributed by atoms with E-state index in [9.17, 15) is 9.18 Å². The summed E-state index contributed by atoms with van der Waals surface area (Å²) in [6.07, 6.45) is 1.63. The fourth-order valence-corrected chi connectivity index (χ4v) is 3.65. The van der Waals surface area contributed by atoms with Gasteiger partial charge in [0.25, 0.3) is 0 Å². The molecule has 0 atom stereocenters. The second-order valence-electron chi connectivity index (χ2n) is 8.99. The van der Waals surface area contributed by atoms with Crippen molar-refractivity contribution < 1.29 is 18.7 Å². The van der Waals surface area contributed by atoms with Crippen molar-refractivity contribution >= 4 is 12.0 Å². The molecule has 1 heterocycles. The largest absolute Gasteiger partial charge is 0.483 e. The molecule has 7 heteroatoms. The van der Waals surface area contributed by atoms with Gasteiger partial charge in [-0.05, 0) is 51.3 Å². The number of aliphatic imine (C=N–C) groups is 1. The Balaban J connectivity index is 1.57. The van der Waals surface area contributed by atoms with Crippen molar-refractivity contribution in [2.45, 2.75) is 44.6 Å². The number of halogens is 1. The van der Waals surface area contributed by atoms with Gasteiger partial charge in [0.1, 0.15) is 11.4 Å². The van der Waals surface area contributed by atoms with Gasteiger partial charge in [-0.1, -0.05) is 18.7 Å². The SMILES string of the molecule is C=C(/N=C(/CN1CCN(C(=O)OC(C)(C)C)CC1)OC)C1(c2ccc(F)cc2)CC1. The number of allylic oxidation sites excluding steroid dienone is 1. The maximum Gasteiger partial charge on any atom is 0.410 e. The number of hydrogen-bond acceptors (Lipinski definition) is 5. The first-order chi connectivity index (χ1) is 14.1. The summed E-state index contributed by atoms with van der Waals surface area (Å²) in [6, 6.07) is 6.58.